The maximum absolute atomic E-state index is 11.6. The van der Waals surface area contributed by atoms with E-state index in [1.165, 1.54) is 22.1 Å². The zero-order valence-corrected chi connectivity index (χ0v) is 10.7. The summed E-state index contributed by atoms with van der Waals surface area (Å²) >= 11 is 1.39. The number of nitrogens with one attached hydrogen (secondary N) is 1. The summed E-state index contributed by atoms with van der Waals surface area (Å²) in [6.07, 6.45) is 0. The standard InChI is InChI=1S/C12H13N3O2S/c1-9-4-5-11(16)15(14-9)7-6-13-12(17)10-3-2-8-18-10/h2-5,8H,6-7H2,1H3,(H,13,17). The molecule has 0 spiro atoms. The molecule has 6 heteroatoms. The topological polar surface area (TPSA) is 64.0 Å². The third kappa shape index (κ3) is 3.04. The number of nitrogens with zero attached hydrogens (tertiary/aromatic N) is 2. The monoisotopic (exact) mass is 263 g/mol. The minimum Gasteiger partial charge on any atom is -0.349 e. The molecule has 0 fully saturated rings. The van der Waals surface area contributed by atoms with Crippen molar-refractivity contribution in [1.29, 1.82) is 0 Å². The van der Waals surface area contributed by atoms with Gasteiger partial charge in [-0.3, -0.25) is 9.59 Å². The minimum atomic E-state index is -0.161. The van der Waals surface area contributed by atoms with Gasteiger partial charge in [0.05, 0.1) is 17.1 Å². The van der Waals surface area contributed by atoms with E-state index in [1.807, 2.05) is 18.4 Å². The van der Waals surface area contributed by atoms with Crippen LogP contribution in [0.2, 0.25) is 0 Å². The Hall–Kier alpha value is -1.95. The van der Waals surface area contributed by atoms with Crippen molar-refractivity contribution in [2.45, 2.75) is 13.5 Å². The van der Waals surface area contributed by atoms with Gasteiger partial charge in [-0.25, -0.2) is 4.68 Å². The molecule has 5 nitrogen and oxygen atoms in total. The number of aromatic nitrogens is 2. The predicted octanol–water partition coefficient (Wildman–Crippen LogP) is 1.04. The van der Waals surface area contributed by atoms with Gasteiger partial charge in [-0.1, -0.05) is 6.07 Å². The lowest BCUT2D eigenvalue weighted by Gasteiger charge is -2.06. The van der Waals surface area contributed by atoms with Crippen molar-refractivity contribution in [3.63, 3.8) is 0 Å². The van der Waals surface area contributed by atoms with Crippen LogP contribution in [0.3, 0.4) is 0 Å². The molecule has 2 aromatic rings. The molecule has 0 bridgehead atoms. The second-order valence-corrected chi connectivity index (χ2v) is 4.72. The number of amides is 1. The van der Waals surface area contributed by atoms with Crippen molar-refractivity contribution in [2.75, 3.05) is 6.54 Å². The summed E-state index contributed by atoms with van der Waals surface area (Å²) in [5.41, 5.74) is 0.616. The number of rotatable bonds is 4. The molecule has 0 atom stereocenters. The Morgan fingerprint density at radius 1 is 1.44 bits per heavy atom. The van der Waals surface area contributed by atoms with Crippen LogP contribution in [0.25, 0.3) is 0 Å². The molecule has 1 amide bonds. The van der Waals surface area contributed by atoms with E-state index >= 15 is 0 Å². The number of hydrogen-bond acceptors (Lipinski definition) is 4. The molecule has 0 aliphatic heterocycles. The van der Waals surface area contributed by atoms with Crippen LogP contribution in [0.15, 0.2) is 34.4 Å². The van der Waals surface area contributed by atoms with Crippen LogP contribution in [0.4, 0.5) is 0 Å². The number of aryl methyl sites for hydroxylation is 1. The Balaban J connectivity index is 1.91. The first-order chi connectivity index (χ1) is 8.66. The van der Waals surface area contributed by atoms with E-state index in [2.05, 4.69) is 10.4 Å². The van der Waals surface area contributed by atoms with E-state index in [0.717, 1.165) is 5.69 Å². The van der Waals surface area contributed by atoms with Crippen LogP contribution in [0.1, 0.15) is 15.4 Å². The summed E-state index contributed by atoms with van der Waals surface area (Å²) in [7, 11) is 0. The van der Waals surface area contributed by atoms with E-state index < -0.39 is 0 Å². The molecule has 0 aliphatic rings. The average Bonchev–Trinajstić information content (AvgIpc) is 2.87. The molecule has 0 unspecified atom stereocenters. The summed E-state index contributed by atoms with van der Waals surface area (Å²) in [5.74, 6) is -0.120. The Kier molecular flexibility index (Phi) is 3.88. The van der Waals surface area contributed by atoms with Crippen molar-refractivity contribution < 1.29 is 4.79 Å². The van der Waals surface area contributed by atoms with Crippen molar-refractivity contribution in [3.8, 4) is 0 Å². The molecule has 0 aliphatic carbocycles. The zero-order valence-electron chi connectivity index (χ0n) is 9.92. The maximum atomic E-state index is 11.6. The molecule has 0 saturated carbocycles. The second kappa shape index (κ2) is 5.59. The highest BCUT2D eigenvalue weighted by Gasteiger charge is 2.05. The van der Waals surface area contributed by atoms with Crippen LogP contribution in [-0.2, 0) is 6.54 Å². The molecule has 0 aromatic carbocycles. The van der Waals surface area contributed by atoms with Crippen LogP contribution in [-0.4, -0.2) is 22.2 Å². The largest absolute Gasteiger partial charge is 0.349 e. The van der Waals surface area contributed by atoms with Crippen LogP contribution < -0.4 is 10.9 Å². The molecule has 0 saturated heterocycles. The third-order valence-corrected chi connectivity index (χ3v) is 3.22. The molecular formula is C12H13N3O2S. The number of carbonyl (C=O) groups excluding carboxylic acids is 1. The number of thiophene rings is 1. The first-order valence-corrected chi connectivity index (χ1v) is 6.41. The Morgan fingerprint density at radius 3 is 3.00 bits per heavy atom. The van der Waals surface area contributed by atoms with Gasteiger partial charge in [-0.2, -0.15) is 5.10 Å². The lowest BCUT2D eigenvalue weighted by atomic mass is 10.4. The fraction of sp³-hybridized carbons (Fsp3) is 0.250. The van der Waals surface area contributed by atoms with Gasteiger partial charge in [0.25, 0.3) is 11.5 Å². The van der Waals surface area contributed by atoms with Crippen molar-refractivity contribution >= 4 is 17.2 Å². The highest BCUT2D eigenvalue weighted by Crippen LogP contribution is 2.07. The normalized spacial score (nSPS) is 10.3. The number of hydrogen-bond donors (Lipinski definition) is 1. The van der Waals surface area contributed by atoms with Crippen molar-refractivity contribution in [2.24, 2.45) is 0 Å². The highest BCUT2D eigenvalue weighted by molar-refractivity contribution is 7.12. The quantitative estimate of drug-likeness (QED) is 0.896. The van der Waals surface area contributed by atoms with Gasteiger partial charge in [0.1, 0.15) is 0 Å². The predicted molar refractivity (Wildman–Crippen MR) is 69.9 cm³/mol. The van der Waals surface area contributed by atoms with Gasteiger partial charge < -0.3 is 5.32 Å². The molecule has 18 heavy (non-hydrogen) atoms. The fourth-order valence-electron chi connectivity index (χ4n) is 1.48. The molecule has 94 valence electrons. The van der Waals surface area contributed by atoms with Crippen LogP contribution >= 0.6 is 11.3 Å². The first kappa shape index (κ1) is 12.5. The second-order valence-electron chi connectivity index (χ2n) is 3.77. The van der Waals surface area contributed by atoms with E-state index in [-0.39, 0.29) is 11.5 Å². The van der Waals surface area contributed by atoms with Crippen LogP contribution in [0.5, 0.6) is 0 Å². The summed E-state index contributed by atoms with van der Waals surface area (Å²) in [6, 6.07) is 6.73. The van der Waals surface area contributed by atoms with Gasteiger partial charge >= 0.3 is 0 Å². The summed E-state index contributed by atoms with van der Waals surface area (Å²) in [4.78, 5) is 23.8. The van der Waals surface area contributed by atoms with Gasteiger partial charge in [0, 0.05) is 12.6 Å². The number of carbonyl (C=O) groups is 1. The van der Waals surface area contributed by atoms with Gasteiger partial charge in [-0.15, -0.1) is 11.3 Å². The lowest BCUT2D eigenvalue weighted by Crippen LogP contribution is -2.31. The minimum absolute atomic E-state index is 0.120. The Labute approximate surface area is 108 Å². The summed E-state index contributed by atoms with van der Waals surface area (Å²) in [6.45, 7) is 2.57. The summed E-state index contributed by atoms with van der Waals surface area (Å²) < 4.78 is 1.35. The zero-order chi connectivity index (χ0) is 13.0. The van der Waals surface area contributed by atoms with Crippen molar-refractivity contribution in [1.82, 2.24) is 15.1 Å². The highest BCUT2D eigenvalue weighted by atomic mass is 32.1. The summed E-state index contributed by atoms with van der Waals surface area (Å²) in [5, 5.41) is 8.69. The Bertz CT molecular complexity index is 590. The molecule has 2 aromatic heterocycles. The third-order valence-electron chi connectivity index (χ3n) is 2.35. The van der Waals surface area contributed by atoms with E-state index in [4.69, 9.17) is 0 Å². The molecule has 1 N–H and O–H groups in total. The smallest absolute Gasteiger partial charge is 0.266 e. The average molecular weight is 263 g/mol. The SMILES string of the molecule is Cc1ccc(=O)n(CCNC(=O)c2cccs2)n1. The van der Waals surface area contributed by atoms with Crippen molar-refractivity contribution in [3.05, 3.63) is 50.6 Å². The molecule has 2 rings (SSSR count). The van der Waals surface area contributed by atoms with E-state index in [0.29, 0.717) is 18.0 Å². The van der Waals surface area contributed by atoms with Gasteiger partial charge in [-0.05, 0) is 24.4 Å². The molecule has 0 radical (unpaired) electrons. The molecule has 2 heterocycles. The van der Waals surface area contributed by atoms with Crippen LogP contribution in [0, 0.1) is 6.92 Å². The molecular weight excluding hydrogens is 250 g/mol. The Morgan fingerprint density at radius 2 is 2.28 bits per heavy atom. The first-order valence-electron chi connectivity index (χ1n) is 5.53. The maximum Gasteiger partial charge on any atom is 0.266 e. The van der Waals surface area contributed by atoms with Gasteiger partial charge in [0.2, 0.25) is 0 Å². The fourth-order valence-corrected chi connectivity index (χ4v) is 2.12. The van der Waals surface area contributed by atoms with E-state index in [9.17, 15) is 9.59 Å². The van der Waals surface area contributed by atoms with E-state index in [1.54, 1.807) is 12.1 Å². The lowest BCUT2D eigenvalue weighted by molar-refractivity contribution is 0.0956. The van der Waals surface area contributed by atoms with Gasteiger partial charge in [0.15, 0.2) is 0 Å².